The van der Waals surface area contributed by atoms with Crippen molar-refractivity contribution in [2.24, 2.45) is 0 Å². The standard InChI is InChI=1S/C19H19F2NO3S/c20-16-6-2-1-5-15(16)19(23)11-13-9-10-14(12-19)22(13)26(24,25)18-8-4-3-7-17(18)21/h1-8,13-14,23H,9-12H2/t13-,14-/m1/s1. The van der Waals surface area contributed by atoms with Crippen molar-refractivity contribution in [2.45, 2.75) is 48.3 Å². The van der Waals surface area contributed by atoms with Crippen LogP contribution in [0.1, 0.15) is 31.2 Å². The first-order valence-electron chi connectivity index (χ1n) is 8.58. The van der Waals surface area contributed by atoms with Gasteiger partial charge in [-0.3, -0.25) is 0 Å². The molecule has 138 valence electrons. The molecule has 2 aromatic carbocycles. The molecule has 4 nitrogen and oxygen atoms in total. The van der Waals surface area contributed by atoms with Crippen LogP contribution in [0.25, 0.3) is 0 Å². The first-order valence-corrected chi connectivity index (χ1v) is 10.0. The Kier molecular flexibility index (Phi) is 4.13. The zero-order valence-electron chi connectivity index (χ0n) is 14.0. The number of nitrogens with zero attached hydrogens (tertiary/aromatic N) is 1. The average Bonchev–Trinajstić information content (AvgIpc) is 2.89. The van der Waals surface area contributed by atoms with E-state index in [4.69, 9.17) is 0 Å². The molecule has 2 aliphatic rings. The summed E-state index contributed by atoms with van der Waals surface area (Å²) in [5.41, 5.74) is -1.22. The van der Waals surface area contributed by atoms with Crippen LogP contribution in [0.15, 0.2) is 53.4 Å². The summed E-state index contributed by atoms with van der Waals surface area (Å²) in [5, 5.41) is 11.1. The van der Waals surface area contributed by atoms with E-state index >= 15 is 0 Å². The second-order valence-electron chi connectivity index (χ2n) is 7.07. The summed E-state index contributed by atoms with van der Waals surface area (Å²) in [7, 11) is -4.02. The molecule has 0 saturated carbocycles. The number of benzene rings is 2. The number of hydrogen-bond donors (Lipinski definition) is 1. The predicted octanol–water partition coefficient (Wildman–Crippen LogP) is 3.17. The second kappa shape index (κ2) is 6.11. The molecule has 2 fully saturated rings. The molecule has 2 heterocycles. The van der Waals surface area contributed by atoms with E-state index in [1.165, 1.54) is 34.6 Å². The van der Waals surface area contributed by atoms with E-state index in [0.717, 1.165) is 6.07 Å². The SMILES string of the molecule is O=S(=O)(c1ccccc1F)N1[C@@H]2CC[C@@H]1CC(O)(c1ccccc1F)C2. The summed E-state index contributed by atoms with van der Waals surface area (Å²) in [5.74, 6) is -1.29. The van der Waals surface area contributed by atoms with Crippen molar-refractivity contribution in [2.75, 3.05) is 0 Å². The van der Waals surface area contributed by atoms with Gasteiger partial charge in [-0.15, -0.1) is 0 Å². The van der Waals surface area contributed by atoms with Crippen LogP contribution in [0.3, 0.4) is 0 Å². The Morgan fingerprint density at radius 1 is 0.923 bits per heavy atom. The summed E-state index contributed by atoms with van der Waals surface area (Å²) < 4.78 is 55.6. The van der Waals surface area contributed by atoms with Crippen molar-refractivity contribution in [3.05, 3.63) is 65.7 Å². The summed E-state index contributed by atoms with van der Waals surface area (Å²) in [6, 6.07) is 10.4. The maximum Gasteiger partial charge on any atom is 0.246 e. The Hall–Kier alpha value is -1.83. The number of sulfonamides is 1. The van der Waals surface area contributed by atoms with Gasteiger partial charge in [0.1, 0.15) is 16.5 Å². The van der Waals surface area contributed by atoms with Crippen LogP contribution in [0, 0.1) is 11.6 Å². The van der Waals surface area contributed by atoms with Gasteiger partial charge in [-0.1, -0.05) is 30.3 Å². The van der Waals surface area contributed by atoms with Gasteiger partial charge < -0.3 is 5.11 Å². The van der Waals surface area contributed by atoms with Gasteiger partial charge in [-0.2, -0.15) is 4.31 Å². The Morgan fingerprint density at radius 2 is 1.46 bits per heavy atom. The quantitative estimate of drug-likeness (QED) is 0.891. The zero-order chi connectivity index (χ0) is 18.5. The minimum Gasteiger partial charge on any atom is -0.385 e. The molecule has 2 bridgehead atoms. The van der Waals surface area contributed by atoms with Gasteiger partial charge in [0.2, 0.25) is 10.0 Å². The number of piperidine rings is 1. The normalized spacial score (nSPS) is 29.0. The highest BCUT2D eigenvalue weighted by molar-refractivity contribution is 7.89. The van der Waals surface area contributed by atoms with Crippen LogP contribution in [0.4, 0.5) is 8.78 Å². The lowest BCUT2D eigenvalue weighted by molar-refractivity contribution is -0.0365. The minimum atomic E-state index is -4.02. The highest BCUT2D eigenvalue weighted by Gasteiger charge is 2.53. The van der Waals surface area contributed by atoms with Gasteiger partial charge in [0.25, 0.3) is 0 Å². The Morgan fingerprint density at radius 3 is 2.04 bits per heavy atom. The zero-order valence-corrected chi connectivity index (χ0v) is 14.8. The van der Waals surface area contributed by atoms with Gasteiger partial charge in [0.05, 0.1) is 5.60 Å². The molecule has 2 atom stereocenters. The van der Waals surface area contributed by atoms with Crippen molar-refractivity contribution in [3.63, 3.8) is 0 Å². The van der Waals surface area contributed by atoms with Crippen LogP contribution in [-0.4, -0.2) is 29.9 Å². The molecule has 2 aliphatic heterocycles. The number of rotatable bonds is 3. The lowest BCUT2D eigenvalue weighted by Crippen LogP contribution is -2.52. The van der Waals surface area contributed by atoms with E-state index in [2.05, 4.69) is 0 Å². The Bertz CT molecular complexity index is 933. The molecule has 0 radical (unpaired) electrons. The third-order valence-corrected chi connectivity index (χ3v) is 7.51. The highest BCUT2D eigenvalue weighted by Crippen LogP contribution is 2.48. The topological polar surface area (TPSA) is 57.6 Å². The van der Waals surface area contributed by atoms with Gasteiger partial charge in [0.15, 0.2) is 0 Å². The van der Waals surface area contributed by atoms with Crippen molar-refractivity contribution in [3.8, 4) is 0 Å². The van der Waals surface area contributed by atoms with Gasteiger partial charge in [0, 0.05) is 17.6 Å². The summed E-state index contributed by atoms with van der Waals surface area (Å²) in [6.07, 6.45) is 1.32. The molecular weight excluding hydrogens is 360 g/mol. The maximum absolute atomic E-state index is 14.2. The largest absolute Gasteiger partial charge is 0.385 e. The number of halogens is 2. The molecule has 4 rings (SSSR count). The van der Waals surface area contributed by atoms with Gasteiger partial charge in [-0.05, 0) is 43.9 Å². The van der Waals surface area contributed by atoms with E-state index in [-0.39, 0.29) is 23.3 Å². The van der Waals surface area contributed by atoms with E-state index in [1.54, 1.807) is 12.1 Å². The minimum absolute atomic E-state index is 0.0954. The van der Waals surface area contributed by atoms with Crippen LogP contribution in [0.2, 0.25) is 0 Å². The maximum atomic E-state index is 14.2. The Labute approximate surface area is 151 Å². The van der Waals surface area contributed by atoms with Crippen molar-refractivity contribution in [1.29, 1.82) is 0 Å². The van der Waals surface area contributed by atoms with E-state index in [1.807, 2.05) is 0 Å². The summed E-state index contributed by atoms with van der Waals surface area (Å²) >= 11 is 0. The molecular formula is C19H19F2NO3S. The molecule has 0 spiro atoms. The molecule has 1 N–H and O–H groups in total. The van der Waals surface area contributed by atoms with E-state index < -0.39 is 39.3 Å². The van der Waals surface area contributed by atoms with Crippen LogP contribution in [0.5, 0.6) is 0 Å². The predicted molar refractivity (Wildman–Crippen MR) is 91.8 cm³/mol. The third-order valence-electron chi connectivity index (χ3n) is 5.47. The molecule has 2 saturated heterocycles. The smallest absolute Gasteiger partial charge is 0.246 e. The summed E-state index contributed by atoms with van der Waals surface area (Å²) in [6.45, 7) is 0. The molecule has 0 aliphatic carbocycles. The third kappa shape index (κ3) is 2.66. The van der Waals surface area contributed by atoms with Crippen molar-refractivity contribution >= 4 is 10.0 Å². The lowest BCUT2D eigenvalue weighted by atomic mass is 9.81. The fourth-order valence-electron chi connectivity index (χ4n) is 4.40. The van der Waals surface area contributed by atoms with E-state index in [0.29, 0.717) is 12.8 Å². The highest BCUT2D eigenvalue weighted by atomic mass is 32.2. The molecule has 0 amide bonds. The Balaban J connectivity index is 1.70. The van der Waals surface area contributed by atoms with E-state index in [9.17, 15) is 22.3 Å². The van der Waals surface area contributed by atoms with Crippen molar-refractivity contribution < 1.29 is 22.3 Å². The molecule has 7 heteroatoms. The fraction of sp³-hybridized carbons (Fsp3) is 0.368. The fourth-order valence-corrected chi connectivity index (χ4v) is 6.34. The molecule has 0 aromatic heterocycles. The summed E-state index contributed by atoms with van der Waals surface area (Å²) in [4.78, 5) is -0.353. The monoisotopic (exact) mass is 379 g/mol. The molecule has 2 aromatic rings. The number of hydrogen-bond acceptors (Lipinski definition) is 3. The van der Waals surface area contributed by atoms with Crippen LogP contribution >= 0.6 is 0 Å². The lowest BCUT2D eigenvalue weighted by Gasteiger charge is -2.43. The molecule has 26 heavy (non-hydrogen) atoms. The van der Waals surface area contributed by atoms with Gasteiger partial charge >= 0.3 is 0 Å². The van der Waals surface area contributed by atoms with Crippen LogP contribution < -0.4 is 0 Å². The second-order valence-corrected chi connectivity index (χ2v) is 8.88. The molecule has 0 unspecified atom stereocenters. The average molecular weight is 379 g/mol. The van der Waals surface area contributed by atoms with Crippen LogP contribution in [-0.2, 0) is 15.6 Å². The number of aliphatic hydroxyl groups is 1. The number of fused-ring (bicyclic) bond motifs is 2. The first-order chi connectivity index (χ1) is 12.3. The van der Waals surface area contributed by atoms with Gasteiger partial charge in [-0.25, -0.2) is 17.2 Å². The first kappa shape index (κ1) is 17.6. The van der Waals surface area contributed by atoms with Crippen molar-refractivity contribution in [1.82, 2.24) is 4.31 Å².